The van der Waals surface area contributed by atoms with Crippen molar-refractivity contribution in [1.29, 1.82) is 0 Å². The van der Waals surface area contributed by atoms with Crippen molar-refractivity contribution in [3.63, 3.8) is 0 Å². The second-order valence-corrected chi connectivity index (χ2v) is 8.30. The molecule has 0 radical (unpaired) electrons. The van der Waals surface area contributed by atoms with Gasteiger partial charge in [0.25, 0.3) is 0 Å². The summed E-state index contributed by atoms with van der Waals surface area (Å²) in [6, 6.07) is 7.97. The van der Waals surface area contributed by atoms with Gasteiger partial charge in [0.05, 0.1) is 0 Å². The molecule has 8 nitrogen and oxygen atoms in total. The molecule has 0 heterocycles. The normalized spacial score (nSPS) is 13.6. The fraction of sp³-hybridized carbons (Fsp3) is 0.571. The van der Waals surface area contributed by atoms with Crippen molar-refractivity contribution in [1.82, 2.24) is 21.1 Å². The number of nitrogens with one attached hydrogen (secondary N) is 3. The number of hydrogen-bond donors (Lipinski definition) is 3. The van der Waals surface area contributed by atoms with Gasteiger partial charge in [0.1, 0.15) is 17.7 Å². The van der Waals surface area contributed by atoms with E-state index in [0.717, 1.165) is 5.56 Å². The lowest BCUT2D eigenvalue weighted by Gasteiger charge is -2.30. The number of carbonyl (C=O) groups is 3. The van der Waals surface area contributed by atoms with Gasteiger partial charge in [-0.15, -0.1) is 0 Å². The monoisotopic (exact) mass is 406 g/mol. The van der Waals surface area contributed by atoms with E-state index < -0.39 is 23.8 Å². The van der Waals surface area contributed by atoms with Crippen molar-refractivity contribution < 1.29 is 19.1 Å². The third-order valence-electron chi connectivity index (χ3n) is 3.86. The molecule has 0 saturated carbocycles. The predicted octanol–water partition coefficient (Wildman–Crippen LogP) is 2.35. The van der Waals surface area contributed by atoms with E-state index in [1.54, 1.807) is 34.6 Å². The number of hydrogen-bond acceptors (Lipinski definition) is 5. The molecule has 3 N–H and O–H groups in total. The Hall–Kier alpha value is -2.61. The largest absolute Gasteiger partial charge is 0.443 e. The van der Waals surface area contributed by atoms with E-state index in [1.807, 2.05) is 44.2 Å². The molecular formula is C21H34N4O4. The predicted molar refractivity (Wildman–Crippen MR) is 112 cm³/mol. The number of hydrazine groups is 1. The number of nitrogens with zero attached hydrogens (tertiary/aromatic N) is 1. The van der Waals surface area contributed by atoms with Crippen LogP contribution in [0.4, 0.5) is 4.79 Å². The first-order valence-corrected chi connectivity index (χ1v) is 9.80. The van der Waals surface area contributed by atoms with Crippen LogP contribution in [0.5, 0.6) is 0 Å². The van der Waals surface area contributed by atoms with Crippen molar-refractivity contribution in [3.8, 4) is 0 Å². The van der Waals surface area contributed by atoms with Crippen LogP contribution in [0.1, 0.15) is 54.0 Å². The molecule has 1 aromatic rings. The summed E-state index contributed by atoms with van der Waals surface area (Å²) in [5.41, 5.74) is 2.89. The topological polar surface area (TPSA) is 99.8 Å². The quantitative estimate of drug-likeness (QED) is 0.576. The lowest BCUT2D eigenvalue weighted by atomic mass is 10.2. The van der Waals surface area contributed by atoms with Crippen molar-refractivity contribution in [2.45, 2.75) is 78.7 Å². The number of carbonyl (C=O) groups excluding carboxylic acids is 3. The minimum Gasteiger partial charge on any atom is -0.443 e. The first kappa shape index (κ1) is 24.4. The first-order valence-electron chi connectivity index (χ1n) is 9.80. The minimum absolute atomic E-state index is 0.0253. The fourth-order valence-corrected chi connectivity index (χ4v) is 2.42. The summed E-state index contributed by atoms with van der Waals surface area (Å²) >= 11 is 0. The van der Waals surface area contributed by atoms with Crippen molar-refractivity contribution in [3.05, 3.63) is 35.9 Å². The van der Waals surface area contributed by atoms with Gasteiger partial charge >= 0.3 is 6.09 Å². The average Bonchev–Trinajstić information content (AvgIpc) is 2.59. The molecule has 0 unspecified atom stereocenters. The fourth-order valence-electron chi connectivity index (χ4n) is 2.42. The first-order chi connectivity index (χ1) is 13.4. The highest BCUT2D eigenvalue weighted by molar-refractivity contribution is 5.89. The van der Waals surface area contributed by atoms with Gasteiger partial charge in [-0.25, -0.2) is 9.80 Å². The van der Waals surface area contributed by atoms with E-state index in [2.05, 4.69) is 16.1 Å². The Morgan fingerprint density at radius 1 is 0.966 bits per heavy atom. The summed E-state index contributed by atoms with van der Waals surface area (Å²) in [5, 5.41) is 6.94. The SMILES string of the molecule is CC(C)NC(=O)[C@H](C)NC(=O)[C@@H](C)N(Cc1ccccc1)NC(=O)OC(C)(C)C. The molecule has 8 heteroatoms. The van der Waals surface area contributed by atoms with Crippen molar-refractivity contribution >= 4 is 17.9 Å². The Bertz CT molecular complexity index is 686. The molecule has 0 aliphatic carbocycles. The molecule has 0 saturated heterocycles. The molecule has 0 spiro atoms. The van der Waals surface area contributed by atoms with Crippen LogP contribution >= 0.6 is 0 Å². The standard InChI is InChI=1S/C21H34N4O4/c1-14(2)22-18(26)15(3)23-19(27)16(4)25(13-17-11-9-8-10-12-17)24-20(28)29-21(5,6)7/h8-12,14-16H,13H2,1-7H3,(H,22,26)(H,23,27)(H,24,28)/t15-,16+/m0/s1. The molecule has 0 aliphatic heterocycles. The lowest BCUT2D eigenvalue weighted by Crippen LogP contribution is -2.56. The van der Waals surface area contributed by atoms with Gasteiger partial charge < -0.3 is 15.4 Å². The van der Waals surface area contributed by atoms with Gasteiger partial charge in [0.2, 0.25) is 11.8 Å². The molecule has 2 atom stereocenters. The van der Waals surface area contributed by atoms with Crippen LogP contribution in [0, 0.1) is 0 Å². The van der Waals surface area contributed by atoms with Crippen molar-refractivity contribution in [2.24, 2.45) is 0 Å². The van der Waals surface area contributed by atoms with Gasteiger partial charge in [0.15, 0.2) is 0 Å². The Kier molecular flexibility index (Phi) is 9.10. The third kappa shape index (κ3) is 9.43. The second-order valence-electron chi connectivity index (χ2n) is 8.30. The number of benzene rings is 1. The third-order valence-corrected chi connectivity index (χ3v) is 3.86. The van der Waals surface area contributed by atoms with Gasteiger partial charge in [-0.2, -0.15) is 0 Å². The molecular weight excluding hydrogens is 372 g/mol. The maximum Gasteiger partial charge on any atom is 0.422 e. The average molecular weight is 407 g/mol. The zero-order valence-electron chi connectivity index (χ0n) is 18.4. The van der Waals surface area contributed by atoms with Crippen LogP contribution in [0.2, 0.25) is 0 Å². The Balaban J connectivity index is 2.87. The molecule has 0 aliphatic rings. The molecule has 1 rings (SSSR count). The summed E-state index contributed by atoms with van der Waals surface area (Å²) in [5.74, 6) is -0.654. The molecule has 0 fully saturated rings. The van der Waals surface area contributed by atoms with Crippen LogP contribution in [0.15, 0.2) is 30.3 Å². The second kappa shape index (κ2) is 10.8. The zero-order valence-corrected chi connectivity index (χ0v) is 18.4. The van der Waals surface area contributed by atoms with E-state index >= 15 is 0 Å². The maximum absolute atomic E-state index is 12.7. The van der Waals surface area contributed by atoms with E-state index in [-0.39, 0.29) is 17.9 Å². The molecule has 0 bridgehead atoms. The van der Waals surface area contributed by atoms with Crippen LogP contribution in [0.25, 0.3) is 0 Å². The lowest BCUT2D eigenvalue weighted by molar-refractivity contribution is -0.132. The van der Waals surface area contributed by atoms with E-state index in [0.29, 0.717) is 6.54 Å². The summed E-state index contributed by atoms with van der Waals surface area (Å²) < 4.78 is 5.31. The summed E-state index contributed by atoms with van der Waals surface area (Å²) in [7, 11) is 0. The Morgan fingerprint density at radius 3 is 2.07 bits per heavy atom. The summed E-state index contributed by atoms with van der Waals surface area (Å²) in [4.78, 5) is 37.1. The molecule has 29 heavy (non-hydrogen) atoms. The van der Waals surface area contributed by atoms with Crippen LogP contribution in [0.3, 0.4) is 0 Å². The molecule has 0 aromatic heterocycles. The zero-order chi connectivity index (χ0) is 22.2. The van der Waals surface area contributed by atoms with Gasteiger partial charge in [0, 0.05) is 12.6 Å². The summed E-state index contributed by atoms with van der Waals surface area (Å²) in [6.45, 7) is 12.6. The smallest absolute Gasteiger partial charge is 0.422 e. The van der Waals surface area contributed by atoms with E-state index in [4.69, 9.17) is 4.74 Å². The number of amides is 3. The van der Waals surface area contributed by atoms with E-state index in [9.17, 15) is 14.4 Å². The van der Waals surface area contributed by atoms with Crippen LogP contribution < -0.4 is 16.1 Å². The van der Waals surface area contributed by atoms with Gasteiger partial charge in [-0.3, -0.25) is 15.0 Å². The maximum atomic E-state index is 12.7. The molecule has 1 aromatic carbocycles. The van der Waals surface area contributed by atoms with Gasteiger partial charge in [-0.05, 0) is 54.0 Å². The van der Waals surface area contributed by atoms with Gasteiger partial charge in [-0.1, -0.05) is 30.3 Å². The van der Waals surface area contributed by atoms with Crippen LogP contribution in [-0.4, -0.2) is 46.6 Å². The Morgan fingerprint density at radius 2 is 1.55 bits per heavy atom. The number of rotatable bonds is 8. The van der Waals surface area contributed by atoms with E-state index in [1.165, 1.54) is 5.01 Å². The Labute approximate surface area is 173 Å². The summed E-state index contributed by atoms with van der Waals surface area (Å²) in [6.07, 6.45) is -0.654. The number of ether oxygens (including phenoxy) is 1. The van der Waals surface area contributed by atoms with Crippen molar-refractivity contribution in [2.75, 3.05) is 0 Å². The highest BCUT2D eigenvalue weighted by atomic mass is 16.6. The highest BCUT2D eigenvalue weighted by Crippen LogP contribution is 2.10. The van der Waals surface area contributed by atoms with Crippen LogP contribution in [-0.2, 0) is 20.9 Å². The molecule has 162 valence electrons. The highest BCUT2D eigenvalue weighted by Gasteiger charge is 2.27. The minimum atomic E-state index is -0.739. The molecule has 3 amide bonds.